The third kappa shape index (κ3) is 2.64. The Bertz CT molecular complexity index is 199. The molecule has 1 fully saturated rings. The number of likely N-dealkylation sites (tertiary alicyclic amines) is 1. The van der Waals surface area contributed by atoms with Crippen LogP contribution in [0.1, 0.15) is 26.2 Å². The Morgan fingerprint density at radius 3 is 2.86 bits per heavy atom. The molecule has 1 amide bonds. The van der Waals surface area contributed by atoms with Crippen molar-refractivity contribution in [1.29, 1.82) is 0 Å². The molecule has 0 spiro atoms. The summed E-state index contributed by atoms with van der Waals surface area (Å²) in [6.45, 7) is 3.65. The van der Waals surface area contributed by atoms with Crippen molar-refractivity contribution >= 4 is 18.5 Å². The summed E-state index contributed by atoms with van der Waals surface area (Å²) in [7, 11) is 0. The molecule has 1 heterocycles. The number of thiol groups is 1. The van der Waals surface area contributed by atoms with Crippen molar-refractivity contribution in [2.24, 2.45) is 11.7 Å². The molecule has 1 rings (SSSR count). The standard InChI is InChI=1S/C10H20N2OS/c1-2-9(3-4-11)12-6-8(7-14)5-10(12)13/h8-9,14H,2-7,11H2,1H3. The van der Waals surface area contributed by atoms with Crippen molar-refractivity contribution in [2.45, 2.75) is 32.2 Å². The molecule has 3 nitrogen and oxygen atoms in total. The average molecular weight is 216 g/mol. The number of rotatable bonds is 5. The second kappa shape index (κ2) is 5.61. The van der Waals surface area contributed by atoms with Crippen LogP contribution >= 0.6 is 12.6 Å². The van der Waals surface area contributed by atoms with E-state index in [9.17, 15) is 4.79 Å². The molecule has 0 aliphatic carbocycles. The third-order valence-corrected chi connectivity index (χ3v) is 3.43. The van der Waals surface area contributed by atoms with Crippen LogP contribution in [0.2, 0.25) is 0 Å². The number of hydrogen-bond donors (Lipinski definition) is 2. The monoisotopic (exact) mass is 216 g/mol. The summed E-state index contributed by atoms with van der Waals surface area (Å²) < 4.78 is 0. The summed E-state index contributed by atoms with van der Waals surface area (Å²) >= 11 is 4.24. The Morgan fingerprint density at radius 2 is 2.43 bits per heavy atom. The van der Waals surface area contributed by atoms with Gasteiger partial charge < -0.3 is 10.6 Å². The lowest BCUT2D eigenvalue weighted by Gasteiger charge is -2.26. The van der Waals surface area contributed by atoms with Crippen LogP contribution in [0.3, 0.4) is 0 Å². The van der Waals surface area contributed by atoms with Crippen LogP contribution in [0.15, 0.2) is 0 Å². The molecule has 2 unspecified atom stereocenters. The Labute approximate surface area is 91.4 Å². The van der Waals surface area contributed by atoms with E-state index in [1.54, 1.807) is 0 Å². The lowest BCUT2D eigenvalue weighted by Crippen LogP contribution is -2.37. The number of nitrogens with two attached hydrogens (primary N) is 1. The zero-order valence-electron chi connectivity index (χ0n) is 8.78. The van der Waals surface area contributed by atoms with Crippen LogP contribution in [-0.2, 0) is 4.79 Å². The molecule has 0 aromatic rings. The second-order valence-corrected chi connectivity index (χ2v) is 4.30. The molecular formula is C10H20N2OS. The maximum absolute atomic E-state index is 11.7. The van der Waals surface area contributed by atoms with Gasteiger partial charge in [-0.25, -0.2) is 0 Å². The van der Waals surface area contributed by atoms with Gasteiger partial charge in [-0.1, -0.05) is 6.92 Å². The smallest absolute Gasteiger partial charge is 0.223 e. The lowest BCUT2D eigenvalue weighted by molar-refractivity contribution is -0.129. The van der Waals surface area contributed by atoms with E-state index in [1.807, 2.05) is 4.90 Å². The van der Waals surface area contributed by atoms with E-state index >= 15 is 0 Å². The highest BCUT2D eigenvalue weighted by molar-refractivity contribution is 7.80. The third-order valence-electron chi connectivity index (χ3n) is 2.91. The molecule has 4 heteroatoms. The highest BCUT2D eigenvalue weighted by atomic mass is 32.1. The predicted molar refractivity (Wildman–Crippen MR) is 61.4 cm³/mol. The number of hydrogen-bond acceptors (Lipinski definition) is 3. The summed E-state index contributed by atoms with van der Waals surface area (Å²) in [5.41, 5.74) is 5.53. The summed E-state index contributed by atoms with van der Waals surface area (Å²) in [6.07, 6.45) is 2.59. The summed E-state index contributed by atoms with van der Waals surface area (Å²) in [5, 5.41) is 0. The Balaban J connectivity index is 2.53. The highest BCUT2D eigenvalue weighted by Crippen LogP contribution is 2.23. The molecule has 2 atom stereocenters. The van der Waals surface area contributed by atoms with Gasteiger partial charge in [0.2, 0.25) is 5.91 Å². The van der Waals surface area contributed by atoms with Gasteiger partial charge in [0.25, 0.3) is 0 Å². The molecule has 1 aliphatic heterocycles. The number of carbonyl (C=O) groups excluding carboxylic acids is 1. The molecule has 0 radical (unpaired) electrons. The minimum absolute atomic E-state index is 0.282. The van der Waals surface area contributed by atoms with Gasteiger partial charge in [-0.15, -0.1) is 0 Å². The largest absolute Gasteiger partial charge is 0.339 e. The number of carbonyl (C=O) groups is 1. The molecule has 14 heavy (non-hydrogen) atoms. The molecule has 1 saturated heterocycles. The van der Waals surface area contributed by atoms with E-state index in [0.717, 1.165) is 25.1 Å². The van der Waals surface area contributed by atoms with Gasteiger partial charge in [-0.3, -0.25) is 4.79 Å². The minimum Gasteiger partial charge on any atom is -0.339 e. The van der Waals surface area contributed by atoms with Crippen molar-refractivity contribution in [1.82, 2.24) is 4.90 Å². The summed E-state index contributed by atoms with van der Waals surface area (Å²) in [5.74, 6) is 1.53. The van der Waals surface area contributed by atoms with Crippen LogP contribution in [0, 0.1) is 5.92 Å². The second-order valence-electron chi connectivity index (χ2n) is 3.94. The van der Waals surface area contributed by atoms with Crippen molar-refractivity contribution < 1.29 is 4.79 Å². The molecular weight excluding hydrogens is 196 g/mol. The van der Waals surface area contributed by atoms with Gasteiger partial charge in [-0.05, 0) is 31.1 Å². The normalized spacial score (nSPS) is 24.4. The lowest BCUT2D eigenvalue weighted by atomic mass is 10.1. The van der Waals surface area contributed by atoms with Crippen LogP contribution in [0.4, 0.5) is 0 Å². The minimum atomic E-state index is 0.282. The quantitative estimate of drug-likeness (QED) is 0.671. The molecule has 2 N–H and O–H groups in total. The van der Waals surface area contributed by atoms with Gasteiger partial charge in [0.05, 0.1) is 0 Å². The van der Waals surface area contributed by atoms with Crippen molar-refractivity contribution in [3.8, 4) is 0 Å². The van der Waals surface area contributed by atoms with Gasteiger partial charge >= 0.3 is 0 Å². The van der Waals surface area contributed by atoms with Crippen LogP contribution in [0.5, 0.6) is 0 Å². The summed E-state index contributed by atoms with van der Waals surface area (Å²) in [4.78, 5) is 13.7. The summed E-state index contributed by atoms with van der Waals surface area (Å²) in [6, 6.07) is 0.345. The SMILES string of the molecule is CCC(CCN)N1CC(CS)CC1=O. The number of nitrogens with zero attached hydrogens (tertiary/aromatic N) is 1. The van der Waals surface area contributed by atoms with E-state index in [2.05, 4.69) is 19.6 Å². The van der Waals surface area contributed by atoms with Crippen molar-refractivity contribution in [2.75, 3.05) is 18.8 Å². The number of amides is 1. The fraction of sp³-hybridized carbons (Fsp3) is 0.900. The molecule has 1 aliphatic rings. The van der Waals surface area contributed by atoms with Gasteiger partial charge in [0, 0.05) is 19.0 Å². The first-order valence-corrected chi connectivity index (χ1v) is 5.96. The highest BCUT2D eigenvalue weighted by Gasteiger charge is 2.32. The molecule has 0 aromatic carbocycles. The Kier molecular flexibility index (Phi) is 4.75. The van der Waals surface area contributed by atoms with E-state index < -0.39 is 0 Å². The first kappa shape index (κ1) is 11.9. The van der Waals surface area contributed by atoms with Crippen molar-refractivity contribution in [3.05, 3.63) is 0 Å². The first-order valence-electron chi connectivity index (χ1n) is 5.33. The Hall–Kier alpha value is -0.220. The fourth-order valence-electron chi connectivity index (χ4n) is 2.06. The zero-order chi connectivity index (χ0) is 10.6. The molecule has 0 aromatic heterocycles. The Morgan fingerprint density at radius 1 is 1.71 bits per heavy atom. The fourth-order valence-corrected chi connectivity index (χ4v) is 2.30. The van der Waals surface area contributed by atoms with Gasteiger partial charge in [-0.2, -0.15) is 12.6 Å². The van der Waals surface area contributed by atoms with E-state index in [1.165, 1.54) is 0 Å². The van der Waals surface area contributed by atoms with Crippen LogP contribution in [-0.4, -0.2) is 35.7 Å². The van der Waals surface area contributed by atoms with Gasteiger partial charge in [0.15, 0.2) is 0 Å². The predicted octanol–water partition coefficient (Wildman–Crippen LogP) is 0.892. The van der Waals surface area contributed by atoms with Crippen LogP contribution in [0.25, 0.3) is 0 Å². The van der Waals surface area contributed by atoms with Gasteiger partial charge in [0.1, 0.15) is 0 Å². The average Bonchev–Trinajstić information content (AvgIpc) is 2.56. The van der Waals surface area contributed by atoms with E-state index in [-0.39, 0.29) is 5.91 Å². The van der Waals surface area contributed by atoms with E-state index in [0.29, 0.717) is 24.9 Å². The topological polar surface area (TPSA) is 46.3 Å². The van der Waals surface area contributed by atoms with Crippen molar-refractivity contribution in [3.63, 3.8) is 0 Å². The van der Waals surface area contributed by atoms with E-state index in [4.69, 9.17) is 5.73 Å². The zero-order valence-corrected chi connectivity index (χ0v) is 9.67. The molecule has 82 valence electrons. The molecule has 0 bridgehead atoms. The van der Waals surface area contributed by atoms with Crippen LogP contribution < -0.4 is 5.73 Å². The maximum Gasteiger partial charge on any atom is 0.223 e. The first-order chi connectivity index (χ1) is 6.72. The maximum atomic E-state index is 11.7. The molecule has 0 saturated carbocycles.